The summed E-state index contributed by atoms with van der Waals surface area (Å²) < 4.78 is 11.5. The molecule has 58 valence electrons. The second kappa shape index (κ2) is 4.90. The van der Waals surface area contributed by atoms with Crippen LogP contribution in [0, 0.1) is 0 Å². The lowest BCUT2D eigenvalue weighted by molar-refractivity contribution is -0.129. The molecule has 1 N–H and O–H groups in total. The van der Waals surface area contributed by atoms with E-state index in [2.05, 4.69) is 4.99 Å². The van der Waals surface area contributed by atoms with Crippen molar-refractivity contribution in [3.05, 3.63) is 0 Å². The van der Waals surface area contributed by atoms with Gasteiger partial charge in [0.2, 0.25) is 0 Å². The first-order chi connectivity index (χ1) is 4.72. The van der Waals surface area contributed by atoms with Gasteiger partial charge in [-0.2, -0.15) is 0 Å². The fraction of sp³-hybridized carbons (Fsp3) is 0.667. The van der Waals surface area contributed by atoms with Crippen molar-refractivity contribution >= 4 is 11.7 Å². The quantitative estimate of drug-likeness (QED) is 0.600. The van der Waals surface area contributed by atoms with Crippen molar-refractivity contribution in [2.45, 2.75) is 13.3 Å². The molecule has 0 aromatic rings. The number of carbonyl (C=O) groups is 1. The van der Waals surface area contributed by atoms with Gasteiger partial charge < -0.3 is 5.11 Å². The SMILES string of the molecule is CC/C(=N\CCF)C(=O)O. The van der Waals surface area contributed by atoms with E-state index >= 15 is 0 Å². The maximum atomic E-state index is 11.5. The third-order valence-electron chi connectivity index (χ3n) is 0.969. The summed E-state index contributed by atoms with van der Waals surface area (Å²) in [5.41, 5.74) is 0.0395. The molecule has 0 radical (unpaired) electrons. The molecule has 0 unspecified atom stereocenters. The molecule has 0 fully saturated rings. The van der Waals surface area contributed by atoms with Crippen LogP contribution in [0.15, 0.2) is 4.99 Å². The zero-order chi connectivity index (χ0) is 7.98. The van der Waals surface area contributed by atoms with Gasteiger partial charge in [0.15, 0.2) is 0 Å². The number of aliphatic carboxylic acids is 1. The molecule has 0 aromatic heterocycles. The van der Waals surface area contributed by atoms with E-state index in [1.807, 2.05) is 0 Å². The number of alkyl halides is 1. The molecule has 0 saturated heterocycles. The number of carboxylic acids is 1. The lowest BCUT2D eigenvalue weighted by Gasteiger charge is -1.93. The summed E-state index contributed by atoms with van der Waals surface area (Å²) >= 11 is 0. The van der Waals surface area contributed by atoms with Crippen LogP contribution in [0.4, 0.5) is 4.39 Å². The standard InChI is InChI=1S/C6H10FNO2/c1-2-5(6(9)10)8-4-3-7/h2-4H2,1H3,(H,9,10)/b8-5+. The summed E-state index contributed by atoms with van der Waals surface area (Å²) in [5.74, 6) is -1.06. The van der Waals surface area contributed by atoms with Gasteiger partial charge in [-0.1, -0.05) is 6.92 Å². The van der Waals surface area contributed by atoms with E-state index in [0.717, 1.165) is 0 Å². The van der Waals surface area contributed by atoms with E-state index in [4.69, 9.17) is 5.11 Å². The highest BCUT2D eigenvalue weighted by Gasteiger charge is 2.03. The average molecular weight is 147 g/mol. The number of rotatable bonds is 4. The van der Waals surface area contributed by atoms with E-state index in [-0.39, 0.29) is 12.3 Å². The van der Waals surface area contributed by atoms with Gasteiger partial charge in [-0.25, -0.2) is 9.18 Å². The van der Waals surface area contributed by atoms with Gasteiger partial charge in [0, 0.05) is 0 Å². The fourth-order valence-electron chi connectivity index (χ4n) is 0.508. The molecule has 0 aliphatic heterocycles. The van der Waals surface area contributed by atoms with Crippen LogP contribution in [-0.4, -0.2) is 30.0 Å². The predicted molar refractivity (Wildman–Crippen MR) is 36.2 cm³/mol. The minimum absolute atomic E-state index is 0.0395. The van der Waals surface area contributed by atoms with Gasteiger partial charge in [0.1, 0.15) is 12.4 Å². The smallest absolute Gasteiger partial charge is 0.349 e. The number of aliphatic imine (C=N–C) groups is 1. The summed E-state index contributed by atoms with van der Waals surface area (Å²) in [7, 11) is 0. The van der Waals surface area contributed by atoms with Crippen molar-refractivity contribution in [3.63, 3.8) is 0 Å². The molecule has 0 aromatic carbocycles. The zero-order valence-corrected chi connectivity index (χ0v) is 5.80. The van der Waals surface area contributed by atoms with E-state index < -0.39 is 12.6 Å². The van der Waals surface area contributed by atoms with Crippen LogP contribution < -0.4 is 0 Å². The van der Waals surface area contributed by atoms with Gasteiger partial charge in [0.25, 0.3) is 0 Å². The monoisotopic (exact) mass is 147 g/mol. The Morgan fingerprint density at radius 2 is 2.30 bits per heavy atom. The molecule has 0 spiro atoms. The Morgan fingerprint density at radius 3 is 2.60 bits per heavy atom. The van der Waals surface area contributed by atoms with Gasteiger partial charge in [-0.15, -0.1) is 0 Å². The molecule has 0 bridgehead atoms. The van der Waals surface area contributed by atoms with Crippen LogP contribution in [0.5, 0.6) is 0 Å². The molecule has 0 aliphatic rings. The Hall–Kier alpha value is -0.930. The van der Waals surface area contributed by atoms with Crippen LogP contribution in [-0.2, 0) is 4.79 Å². The van der Waals surface area contributed by atoms with Crippen molar-refractivity contribution in [3.8, 4) is 0 Å². The number of carboxylic acid groups (broad SMARTS) is 1. The minimum Gasteiger partial charge on any atom is -0.477 e. The molecule has 10 heavy (non-hydrogen) atoms. The highest BCUT2D eigenvalue weighted by molar-refractivity contribution is 6.35. The highest BCUT2D eigenvalue weighted by Crippen LogP contribution is 1.86. The Labute approximate surface area is 58.6 Å². The zero-order valence-electron chi connectivity index (χ0n) is 5.80. The van der Waals surface area contributed by atoms with Crippen molar-refractivity contribution in [1.82, 2.24) is 0 Å². The number of hydrogen-bond donors (Lipinski definition) is 1. The molecule has 0 atom stereocenters. The number of nitrogens with zero attached hydrogens (tertiary/aromatic N) is 1. The number of halogens is 1. The largest absolute Gasteiger partial charge is 0.477 e. The predicted octanol–water partition coefficient (Wildman–Crippen LogP) is 0.891. The molecule has 4 heteroatoms. The third kappa shape index (κ3) is 3.17. The first kappa shape index (κ1) is 9.07. The average Bonchev–Trinajstić information content (AvgIpc) is 1.89. The summed E-state index contributed by atoms with van der Waals surface area (Å²) in [6, 6.07) is 0. The van der Waals surface area contributed by atoms with E-state index in [0.29, 0.717) is 6.42 Å². The second-order valence-corrected chi connectivity index (χ2v) is 1.68. The molecule has 0 amide bonds. The normalized spacial score (nSPS) is 11.6. The molecule has 3 nitrogen and oxygen atoms in total. The molecule has 0 saturated carbocycles. The van der Waals surface area contributed by atoms with Gasteiger partial charge in [-0.3, -0.25) is 4.99 Å². The highest BCUT2D eigenvalue weighted by atomic mass is 19.1. The lowest BCUT2D eigenvalue weighted by atomic mass is 10.3. The molecular formula is C6H10FNO2. The van der Waals surface area contributed by atoms with Crippen LogP contribution in [0.25, 0.3) is 0 Å². The fourth-order valence-corrected chi connectivity index (χ4v) is 0.508. The number of hydrogen-bond acceptors (Lipinski definition) is 2. The van der Waals surface area contributed by atoms with Crippen LogP contribution in [0.3, 0.4) is 0 Å². The van der Waals surface area contributed by atoms with E-state index in [1.165, 1.54) is 0 Å². The summed E-state index contributed by atoms with van der Waals surface area (Å²) in [4.78, 5) is 13.7. The lowest BCUT2D eigenvalue weighted by Crippen LogP contribution is -2.12. The maximum Gasteiger partial charge on any atom is 0.349 e. The van der Waals surface area contributed by atoms with E-state index in [9.17, 15) is 9.18 Å². The molecule has 0 heterocycles. The van der Waals surface area contributed by atoms with Crippen molar-refractivity contribution in [2.24, 2.45) is 4.99 Å². The Balaban J connectivity index is 3.91. The van der Waals surface area contributed by atoms with Crippen molar-refractivity contribution in [1.29, 1.82) is 0 Å². The minimum atomic E-state index is -1.06. The van der Waals surface area contributed by atoms with Gasteiger partial charge in [0.05, 0.1) is 6.54 Å². The molecule has 0 aliphatic carbocycles. The van der Waals surface area contributed by atoms with Crippen molar-refractivity contribution in [2.75, 3.05) is 13.2 Å². The molecular weight excluding hydrogens is 137 g/mol. The van der Waals surface area contributed by atoms with Gasteiger partial charge >= 0.3 is 5.97 Å². The van der Waals surface area contributed by atoms with Gasteiger partial charge in [-0.05, 0) is 6.42 Å². The summed E-state index contributed by atoms with van der Waals surface area (Å²) in [6.07, 6.45) is 0.343. The first-order valence-electron chi connectivity index (χ1n) is 3.05. The third-order valence-corrected chi connectivity index (χ3v) is 0.969. The van der Waals surface area contributed by atoms with E-state index in [1.54, 1.807) is 6.92 Å². The second-order valence-electron chi connectivity index (χ2n) is 1.68. The van der Waals surface area contributed by atoms with Crippen LogP contribution in [0.2, 0.25) is 0 Å². The van der Waals surface area contributed by atoms with Crippen molar-refractivity contribution < 1.29 is 14.3 Å². The topological polar surface area (TPSA) is 49.7 Å². The Morgan fingerprint density at radius 1 is 1.70 bits per heavy atom. The Bertz CT molecular complexity index is 145. The Kier molecular flexibility index (Phi) is 4.45. The molecule has 0 rings (SSSR count). The maximum absolute atomic E-state index is 11.5. The summed E-state index contributed by atoms with van der Waals surface area (Å²) in [5, 5.41) is 8.35. The summed E-state index contributed by atoms with van der Waals surface area (Å²) in [6.45, 7) is 1.03. The first-order valence-corrected chi connectivity index (χ1v) is 3.05. The van der Waals surface area contributed by atoms with Crippen LogP contribution >= 0.6 is 0 Å². The van der Waals surface area contributed by atoms with Crippen LogP contribution in [0.1, 0.15) is 13.3 Å².